The van der Waals surface area contributed by atoms with Crippen LogP contribution in [0.2, 0.25) is 0 Å². The number of allylic oxidation sites excluding steroid dienone is 6. The molecule has 2 rings (SSSR count). The SMILES string of the molecule is SC(CC1CCCC1)=C1C=CC=C1. The van der Waals surface area contributed by atoms with E-state index in [0.717, 1.165) is 5.92 Å². The predicted molar refractivity (Wildman–Crippen MR) is 60.9 cm³/mol. The summed E-state index contributed by atoms with van der Waals surface area (Å²) in [5.74, 6) is 0.905. The minimum absolute atomic E-state index is 0.905. The molecule has 2 aliphatic carbocycles. The molecule has 70 valence electrons. The van der Waals surface area contributed by atoms with Crippen molar-refractivity contribution < 1.29 is 0 Å². The van der Waals surface area contributed by atoms with Crippen molar-refractivity contribution in [1.29, 1.82) is 0 Å². The van der Waals surface area contributed by atoms with E-state index in [9.17, 15) is 0 Å². The van der Waals surface area contributed by atoms with Gasteiger partial charge in [0.1, 0.15) is 0 Å². The van der Waals surface area contributed by atoms with Gasteiger partial charge in [0, 0.05) is 0 Å². The average Bonchev–Trinajstić information content (AvgIpc) is 2.74. The fourth-order valence-corrected chi connectivity index (χ4v) is 2.58. The maximum Gasteiger partial charge on any atom is -0.0109 e. The molecule has 2 aliphatic rings. The zero-order valence-corrected chi connectivity index (χ0v) is 8.76. The van der Waals surface area contributed by atoms with Gasteiger partial charge in [-0.3, -0.25) is 0 Å². The second kappa shape index (κ2) is 4.19. The molecule has 13 heavy (non-hydrogen) atoms. The second-order valence-electron chi connectivity index (χ2n) is 3.97. The van der Waals surface area contributed by atoms with E-state index in [1.165, 1.54) is 42.6 Å². The first-order valence-corrected chi connectivity index (χ1v) is 5.58. The molecule has 1 heteroatoms. The summed E-state index contributed by atoms with van der Waals surface area (Å²) < 4.78 is 0. The summed E-state index contributed by atoms with van der Waals surface area (Å²) in [7, 11) is 0. The fourth-order valence-electron chi connectivity index (χ4n) is 2.17. The predicted octanol–water partition coefficient (Wildman–Crippen LogP) is 3.88. The highest BCUT2D eigenvalue weighted by atomic mass is 32.1. The Balaban J connectivity index is 1.97. The van der Waals surface area contributed by atoms with Crippen molar-refractivity contribution in [2.75, 3.05) is 0 Å². The van der Waals surface area contributed by atoms with E-state index in [0.29, 0.717) is 0 Å². The molecule has 0 N–H and O–H groups in total. The third-order valence-electron chi connectivity index (χ3n) is 2.95. The van der Waals surface area contributed by atoms with E-state index in [2.05, 4.69) is 36.9 Å². The molecule has 0 spiro atoms. The van der Waals surface area contributed by atoms with Crippen molar-refractivity contribution in [2.24, 2.45) is 5.92 Å². The molecule has 1 saturated carbocycles. The topological polar surface area (TPSA) is 0 Å². The van der Waals surface area contributed by atoms with Crippen molar-refractivity contribution >= 4 is 12.6 Å². The van der Waals surface area contributed by atoms with Crippen LogP contribution in [0.4, 0.5) is 0 Å². The molecule has 0 heterocycles. The van der Waals surface area contributed by atoms with Crippen LogP contribution in [0.15, 0.2) is 34.8 Å². The van der Waals surface area contributed by atoms with E-state index in [4.69, 9.17) is 0 Å². The highest BCUT2D eigenvalue weighted by molar-refractivity contribution is 7.84. The number of thiol groups is 1. The molecule has 0 aliphatic heterocycles. The summed E-state index contributed by atoms with van der Waals surface area (Å²) in [5, 5.41) is 0. The second-order valence-corrected chi connectivity index (χ2v) is 4.51. The van der Waals surface area contributed by atoms with Gasteiger partial charge in [-0.25, -0.2) is 0 Å². The van der Waals surface area contributed by atoms with E-state index in [1.807, 2.05) is 0 Å². The number of hydrogen-bond donors (Lipinski definition) is 1. The molecule has 0 aromatic rings. The molecule has 0 saturated heterocycles. The lowest BCUT2D eigenvalue weighted by atomic mass is 10.0. The number of rotatable bonds is 2. The highest BCUT2D eigenvalue weighted by Crippen LogP contribution is 2.33. The summed E-state index contributed by atoms with van der Waals surface area (Å²) in [6.45, 7) is 0. The Bertz CT molecular complexity index is 251. The Kier molecular flexibility index (Phi) is 2.94. The van der Waals surface area contributed by atoms with Gasteiger partial charge in [-0.05, 0) is 22.8 Å². The summed E-state index contributed by atoms with van der Waals surface area (Å²) >= 11 is 4.58. The van der Waals surface area contributed by atoms with Crippen LogP contribution >= 0.6 is 12.6 Å². The van der Waals surface area contributed by atoms with Gasteiger partial charge in [0.05, 0.1) is 0 Å². The molecular formula is C12H16S. The van der Waals surface area contributed by atoms with E-state index < -0.39 is 0 Å². The molecule has 0 aromatic heterocycles. The van der Waals surface area contributed by atoms with E-state index >= 15 is 0 Å². The summed E-state index contributed by atoms with van der Waals surface area (Å²) in [6.07, 6.45) is 15.3. The van der Waals surface area contributed by atoms with Crippen LogP contribution in [0.3, 0.4) is 0 Å². The smallest absolute Gasteiger partial charge is 0.0109 e. The Morgan fingerprint density at radius 1 is 1.23 bits per heavy atom. The molecular weight excluding hydrogens is 176 g/mol. The highest BCUT2D eigenvalue weighted by Gasteiger charge is 2.16. The summed E-state index contributed by atoms with van der Waals surface area (Å²) in [4.78, 5) is 1.27. The maximum absolute atomic E-state index is 4.58. The lowest BCUT2D eigenvalue weighted by molar-refractivity contribution is 0.554. The zero-order chi connectivity index (χ0) is 9.10. The average molecular weight is 192 g/mol. The largest absolute Gasteiger partial charge is 0.147 e. The Morgan fingerprint density at radius 3 is 2.46 bits per heavy atom. The Labute approximate surface area is 85.8 Å². The molecule has 0 unspecified atom stereocenters. The van der Waals surface area contributed by atoms with E-state index in [1.54, 1.807) is 0 Å². The van der Waals surface area contributed by atoms with Gasteiger partial charge >= 0.3 is 0 Å². The third kappa shape index (κ3) is 2.28. The molecule has 0 bridgehead atoms. The Hall–Kier alpha value is -0.430. The monoisotopic (exact) mass is 192 g/mol. The van der Waals surface area contributed by atoms with Crippen molar-refractivity contribution in [2.45, 2.75) is 32.1 Å². The van der Waals surface area contributed by atoms with Gasteiger partial charge in [0.2, 0.25) is 0 Å². The lowest BCUT2D eigenvalue weighted by Crippen LogP contribution is -1.93. The zero-order valence-electron chi connectivity index (χ0n) is 7.87. The lowest BCUT2D eigenvalue weighted by Gasteiger charge is -2.09. The van der Waals surface area contributed by atoms with Crippen molar-refractivity contribution in [3.63, 3.8) is 0 Å². The molecule has 1 fully saturated rings. The van der Waals surface area contributed by atoms with Crippen molar-refractivity contribution in [1.82, 2.24) is 0 Å². The normalized spacial score (nSPS) is 21.8. The van der Waals surface area contributed by atoms with E-state index in [-0.39, 0.29) is 0 Å². The summed E-state index contributed by atoms with van der Waals surface area (Å²) in [5.41, 5.74) is 1.32. The quantitative estimate of drug-likeness (QED) is 0.631. The first-order chi connectivity index (χ1) is 6.36. The third-order valence-corrected chi connectivity index (χ3v) is 3.39. The minimum Gasteiger partial charge on any atom is -0.147 e. The molecule has 0 atom stereocenters. The first kappa shape index (κ1) is 9.14. The molecule has 0 aromatic carbocycles. The van der Waals surface area contributed by atoms with Crippen LogP contribution in [0.1, 0.15) is 32.1 Å². The molecule has 0 radical (unpaired) electrons. The summed E-state index contributed by atoms with van der Waals surface area (Å²) in [6, 6.07) is 0. The van der Waals surface area contributed by atoms with Crippen LogP contribution < -0.4 is 0 Å². The van der Waals surface area contributed by atoms with Gasteiger partial charge in [-0.1, -0.05) is 50.0 Å². The standard InChI is InChI=1S/C12H16S/c13-12(11-7-3-4-8-11)9-10-5-1-2-6-10/h3-4,7-8,10,13H,1-2,5-6,9H2. The van der Waals surface area contributed by atoms with Gasteiger partial charge in [0.15, 0.2) is 0 Å². The molecule has 0 nitrogen and oxygen atoms in total. The van der Waals surface area contributed by atoms with Gasteiger partial charge in [-0.15, -0.1) is 12.6 Å². The van der Waals surface area contributed by atoms with Crippen LogP contribution in [0, 0.1) is 5.92 Å². The maximum atomic E-state index is 4.58. The molecule has 0 amide bonds. The van der Waals surface area contributed by atoms with Crippen LogP contribution in [-0.2, 0) is 0 Å². The van der Waals surface area contributed by atoms with Crippen LogP contribution in [0.25, 0.3) is 0 Å². The fraction of sp³-hybridized carbons (Fsp3) is 0.500. The number of hydrogen-bond acceptors (Lipinski definition) is 1. The van der Waals surface area contributed by atoms with Crippen LogP contribution in [-0.4, -0.2) is 0 Å². The van der Waals surface area contributed by atoms with Crippen molar-refractivity contribution in [3.05, 3.63) is 34.8 Å². The Morgan fingerprint density at radius 2 is 1.85 bits per heavy atom. The van der Waals surface area contributed by atoms with Crippen LogP contribution in [0.5, 0.6) is 0 Å². The minimum atomic E-state index is 0.905. The first-order valence-electron chi connectivity index (χ1n) is 5.13. The van der Waals surface area contributed by atoms with Gasteiger partial charge < -0.3 is 0 Å². The van der Waals surface area contributed by atoms with Gasteiger partial charge in [-0.2, -0.15) is 0 Å². The van der Waals surface area contributed by atoms with Crippen molar-refractivity contribution in [3.8, 4) is 0 Å². The van der Waals surface area contributed by atoms with Gasteiger partial charge in [0.25, 0.3) is 0 Å².